The molecular weight excluding hydrogens is 413 g/mol. The van der Waals surface area contributed by atoms with Crippen LogP contribution in [0.3, 0.4) is 0 Å². The van der Waals surface area contributed by atoms with Gasteiger partial charge in [-0.1, -0.05) is 24.3 Å². The largest absolute Gasteiger partial charge is 0.416 e. The molecule has 3 aromatic rings. The summed E-state index contributed by atoms with van der Waals surface area (Å²) in [5.74, 6) is 0.559. The number of halogens is 3. The average Bonchev–Trinajstić information content (AvgIpc) is 3.25. The first kappa shape index (κ1) is 21.1. The minimum atomic E-state index is -4.53. The van der Waals surface area contributed by atoms with Crippen molar-refractivity contribution in [2.45, 2.75) is 12.2 Å². The lowest BCUT2D eigenvalue weighted by Crippen LogP contribution is -2.40. The van der Waals surface area contributed by atoms with E-state index in [0.717, 1.165) is 29.2 Å². The Bertz CT molecular complexity index is 1060. The summed E-state index contributed by atoms with van der Waals surface area (Å²) in [6.45, 7) is 0. The van der Waals surface area contributed by atoms with Gasteiger partial charge in [0.25, 0.3) is 5.91 Å². The van der Waals surface area contributed by atoms with Crippen molar-refractivity contribution in [2.75, 3.05) is 10.2 Å². The number of anilines is 2. The molecule has 3 rings (SSSR count). The van der Waals surface area contributed by atoms with Gasteiger partial charge in [-0.15, -0.1) is 17.8 Å². The van der Waals surface area contributed by atoms with Gasteiger partial charge in [0.2, 0.25) is 0 Å². The van der Waals surface area contributed by atoms with Gasteiger partial charge >= 0.3 is 12.1 Å². The van der Waals surface area contributed by atoms with E-state index in [4.69, 9.17) is 6.42 Å². The van der Waals surface area contributed by atoms with Crippen molar-refractivity contribution >= 4 is 34.5 Å². The normalized spacial score (nSPS) is 11.9. The maximum Gasteiger partial charge on any atom is 0.416 e. The fourth-order valence-corrected chi connectivity index (χ4v) is 3.63. The van der Waals surface area contributed by atoms with Crippen LogP contribution in [0.15, 0.2) is 72.1 Å². The second-order valence-electron chi connectivity index (χ2n) is 6.14. The van der Waals surface area contributed by atoms with Gasteiger partial charge in [0, 0.05) is 16.3 Å². The van der Waals surface area contributed by atoms with Gasteiger partial charge in [-0.3, -0.25) is 14.5 Å². The zero-order valence-electron chi connectivity index (χ0n) is 15.4. The summed E-state index contributed by atoms with van der Waals surface area (Å²) < 4.78 is 38.8. The third-order valence-corrected chi connectivity index (χ3v) is 5.10. The Morgan fingerprint density at radius 2 is 1.67 bits per heavy atom. The van der Waals surface area contributed by atoms with Crippen LogP contribution in [-0.4, -0.2) is 11.8 Å². The lowest BCUT2D eigenvalue weighted by Gasteiger charge is -2.29. The quantitative estimate of drug-likeness (QED) is 0.574. The lowest BCUT2D eigenvalue weighted by molar-refractivity contribution is -0.137. The molecule has 1 atom stereocenters. The zero-order chi connectivity index (χ0) is 21.7. The Hall–Kier alpha value is -3.57. The molecule has 0 saturated heterocycles. The number of hydrogen-bond acceptors (Lipinski definition) is 3. The van der Waals surface area contributed by atoms with Gasteiger partial charge in [-0.2, -0.15) is 13.2 Å². The van der Waals surface area contributed by atoms with E-state index >= 15 is 0 Å². The Balaban J connectivity index is 2.04. The van der Waals surface area contributed by atoms with Crippen molar-refractivity contribution in [1.29, 1.82) is 0 Å². The van der Waals surface area contributed by atoms with E-state index < -0.39 is 29.6 Å². The molecule has 2 amide bonds. The summed E-state index contributed by atoms with van der Waals surface area (Å²) in [5.41, 5.74) is -0.294. The maximum absolute atomic E-state index is 13.1. The standard InChI is InChI=1S/C22H15F3N2O2S/c1-2-19(28)27(17-12-10-15(11-13-17)22(23,24)25)20(18-9-6-14-30-18)21(29)26-16-7-4-3-5-8-16/h1,3-14,20H,(H,26,29). The zero-order valence-corrected chi connectivity index (χ0v) is 16.2. The highest BCUT2D eigenvalue weighted by Gasteiger charge is 2.34. The van der Waals surface area contributed by atoms with Gasteiger partial charge in [0.1, 0.15) is 0 Å². The smallest absolute Gasteiger partial charge is 0.324 e. The van der Waals surface area contributed by atoms with E-state index in [1.54, 1.807) is 47.8 Å². The molecule has 1 unspecified atom stereocenters. The summed E-state index contributed by atoms with van der Waals surface area (Å²) >= 11 is 1.22. The van der Waals surface area contributed by atoms with Crippen molar-refractivity contribution in [3.63, 3.8) is 0 Å². The van der Waals surface area contributed by atoms with Crippen LogP contribution in [-0.2, 0) is 15.8 Å². The second kappa shape index (κ2) is 8.84. The highest BCUT2D eigenvalue weighted by Crippen LogP contribution is 2.34. The molecule has 0 saturated carbocycles. The molecule has 0 spiro atoms. The van der Waals surface area contributed by atoms with Gasteiger partial charge in [-0.05, 0) is 53.8 Å². The third kappa shape index (κ3) is 4.70. The topological polar surface area (TPSA) is 49.4 Å². The molecule has 4 nitrogen and oxygen atoms in total. The number of rotatable bonds is 5. The van der Waals surface area contributed by atoms with Crippen molar-refractivity contribution in [1.82, 2.24) is 0 Å². The van der Waals surface area contributed by atoms with Crippen LogP contribution in [0.25, 0.3) is 0 Å². The fourth-order valence-electron chi connectivity index (χ4n) is 2.82. The first-order valence-electron chi connectivity index (χ1n) is 8.67. The van der Waals surface area contributed by atoms with Gasteiger partial charge in [0.15, 0.2) is 6.04 Å². The molecular formula is C22H15F3N2O2S. The molecule has 0 aliphatic heterocycles. The number of amides is 2. The number of terminal acetylenes is 1. The van der Waals surface area contributed by atoms with Crippen LogP contribution in [0, 0.1) is 12.3 Å². The molecule has 30 heavy (non-hydrogen) atoms. The number of benzene rings is 2. The first-order valence-corrected chi connectivity index (χ1v) is 9.55. The van der Waals surface area contributed by atoms with E-state index in [9.17, 15) is 22.8 Å². The van der Waals surface area contributed by atoms with Crippen LogP contribution in [0.5, 0.6) is 0 Å². The number of carbonyl (C=O) groups excluding carboxylic acids is 2. The number of nitrogens with zero attached hydrogens (tertiary/aromatic N) is 1. The summed E-state index contributed by atoms with van der Waals surface area (Å²) in [7, 11) is 0. The molecule has 1 aromatic heterocycles. The minimum Gasteiger partial charge on any atom is -0.324 e. The summed E-state index contributed by atoms with van der Waals surface area (Å²) in [6.07, 6.45) is 0.773. The van der Waals surface area contributed by atoms with Crippen LogP contribution < -0.4 is 10.2 Å². The molecule has 0 fully saturated rings. The van der Waals surface area contributed by atoms with Gasteiger partial charge < -0.3 is 5.32 Å². The van der Waals surface area contributed by atoms with Crippen LogP contribution >= 0.6 is 11.3 Å². The molecule has 0 aliphatic carbocycles. The van der Waals surface area contributed by atoms with Crippen LogP contribution in [0.2, 0.25) is 0 Å². The predicted octanol–water partition coefficient (Wildman–Crippen LogP) is 5.11. The number of carbonyl (C=O) groups is 2. The SMILES string of the molecule is C#CC(=O)N(c1ccc(C(F)(F)F)cc1)C(C(=O)Nc1ccccc1)c1cccs1. The minimum absolute atomic E-state index is 0.0764. The summed E-state index contributed by atoms with van der Waals surface area (Å²) in [5, 5.41) is 4.45. The molecule has 8 heteroatoms. The van der Waals surface area contributed by atoms with E-state index in [1.165, 1.54) is 11.3 Å². The Kier molecular flexibility index (Phi) is 6.23. The fraction of sp³-hybridized carbons (Fsp3) is 0.0909. The van der Waals surface area contributed by atoms with Crippen molar-refractivity contribution in [3.05, 3.63) is 82.6 Å². The van der Waals surface area contributed by atoms with E-state index in [1.807, 2.05) is 5.92 Å². The van der Waals surface area contributed by atoms with Gasteiger partial charge in [-0.25, -0.2) is 0 Å². The highest BCUT2D eigenvalue weighted by atomic mass is 32.1. The first-order chi connectivity index (χ1) is 14.3. The van der Waals surface area contributed by atoms with E-state index in [2.05, 4.69) is 5.32 Å². The molecule has 2 aromatic carbocycles. The maximum atomic E-state index is 13.1. The third-order valence-electron chi connectivity index (χ3n) is 4.18. The number of nitrogens with one attached hydrogen (secondary N) is 1. The van der Waals surface area contributed by atoms with E-state index in [0.29, 0.717) is 10.6 Å². The lowest BCUT2D eigenvalue weighted by atomic mass is 10.1. The highest BCUT2D eigenvalue weighted by molar-refractivity contribution is 7.10. The number of hydrogen-bond donors (Lipinski definition) is 1. The average molecular weight is 428 g/mol. The van der Waals surface area contributed by atoms with Crippen molar-refractivity contribution in [3.8, 4) is 12.3 Å². The van der Waals surface area contributed by atoms with Crippen LogP contribution in [0.4, 0.5) is 24.5 Å². The second-order valence-corrected chi connectivity index (χ2v) is 7.12. The van der Waals surface area contributed by atoms with Crippen LogP contribution in [0.1, 0.15) is 16.5 Å². The molecule has 0 aliphatic rings. The Morgan fingerprint density at radius 3 is 2.20 bits per heavy atom. The Labute approximate surface area is 175 Å². The Morgan fingerprint density at radius 1 is 1.00 bits per heavy atom. The van der Waals surface area contributed by atoms with E-state index in [-0.39, 0.29) is 5.69 Å². The summed E-state index contributed by atoms with van der Waals surface area (Å²) in [4.78, 5) is 27.2. The van der Waals surface area contributed by atoms with Crippen molar-refractivity contribution in [2.24, 2.45) is 0 Å². The number of para-hydroxylation sites is 1. The molecule has 0 bridgehead atoms. The van der Waals surface area contributed by atoms with Crippen molar-refractivity contribution < 1.29 is 22.8 Å². The molecule has 1 heterocycles. The number of alkyl halides is 3. The summed E-state index contributed by atoms with van der Waals surface area (Å²) in [6, 6.07) is 14.7. The number of thiophene rings is 1. The molecule has 152 valence electrons. The molecule has 1 N–H and O–H groups in total. The monoisotopic (exact) mass is 428 g/mol. The van der Waals surface area contributed by atoms with Gasteiger partial charge in [0.05, 0.1) is 5.56 Å². The molecule has 0 radical (unpaired) electrons. The predicted molar refractivity (Wildman–Crippen MR) is 110 cm³/mol.